The van der Waals surface area contributed by atoms with Gasteiger partial charge in [-0.05, 0) is 48.9 Å². The Balaban J connectivity index is 1.77. The molecule has 1 N–H and O–H groups in total. The number of nitrogens with zero attached hydrogens (tertiary/aromatic N) is 2. The molecular weight excluding hydrogens is 442 g/mol. The SMILES string of the molecule is CC(=O)C1C(C(=O)Nc2ccccc2)=NN(c2ccc(Br)cc2)C1c1ccccc1. The van der Waals surface area contributed by atoms with Gasteiger partial charge in [-0.3, -0.25) is 14.6 Å². The molecule has 4 rings (SSSR count). The van der Waals surface area contributed by atoms with Gasteiger partial charge in [-0.25, -0.2) is 0 Å². The number of hydrogen-bond donors (Lipinski definition) is 1. The van der Waals surface area contributed by atoms with E-state index < -0.39 is 12.0 Å². The molecule has 2 unspecified atom stereocenters. The quantitative estimate of drug-likeness (QED) is 0.566. The fourth-order valence-corrected chi connectivity index (χ4v) is 3.91. The van der Waals surface area contributed by atoms with Crippen LogP contribution in [0.5, 0.6) is 0 Å². The van der Waals surface area contributed by atoms with Crippen LogP contribution in [-0.2, 0) is 9.59 Å². The summed E-state index contributed by atoms with van der Waals surface area (Å²) < 4.78 is 0.941. The number of ketones is 1. The molecule has 0 spiro atoms. The van der Waals surface area contributed by atoms with E-state index in [1.54, 1.807) is 17.1 Å². The summed E-state index contributed by atoms with van der Waals surface area (Å²) >= 11 is 3.45. The minimum Gasteiger partial charge on any atom is -0.321 e. The van der Waals surface area contributed by atoms with Crippen molar-refractivity contribution in [2.75, 3.05) is 10.3 Å². The first-order valence-corrected chi connectivity index (χ1v) is 10.4. The molecule has 1 aliphatic heterocycles. The van der Waals surface area contributed by atoms with E-state index in [-0.39, 0.29) is 17.4 Å². The molecule has 0 radical (unpaired) electrons. The maximum atomic E-state index is 13.1. The topological polar surface area (TPSA) is 61.8 Å². The summed E-state index contributed by atoms with van der Waals surface area (Å²) in [5.74, 6) is -1.16. The summed E-state index contributed by atoms with van der Waals surface area (Å²) in [6.07, 6.45) is 0. The Morgan fingerprint density at radius 3 is 2.10 bits per heavy atom. The lowest BCUT2D eigenvalue weighted by atomic mass is 9.86. The highest BCUT2D eigenvalue weighted by Crippen LogP contribution is 2.40. The summed E-state index contributed by atoms with van der Waals surface area (Å²) in [5.41, 5.74) is 2.60. The third-order valence-electron chi connectivity index (χ3n) is 5.02. The zero-order valence-corrected chi connectivity index (χ0v) is 17.9. The molecule has 150 valence electrons. The predicted molar refractivity (Wildman–Crippen MR) is 122 cm³/mol. The number of nitrogens with one attached hydrogen (secondary N) is 1. The van der Waals surface area contributed by atoms with E-state index in [2.05, 4.69) is 26.3 Å². The van der Waals surface area contributed by atoms with Gasteiger partial charge in [-0.15, -0.1) is 0 Å². The first kappa shape index (κ1) is 20.0. The highest BCUT2D eigenvalue weighted by atomic mass is 79.9. The first-order valence-electron chi connectivity index (χ1n) is 9.59. The Kier molecular flexibility index (Phi) is 5.77. The average Bonchev–Trinajstić information content (AvgIpc) is 3.17. The molecule has 30 heavy (non-hydrogen) atoms. The van der Waals surface area contributed by atoms with Crippen LogP contribution in [0, 0.1) is 5.92 Å². The van der Waals surface area contributed by atoms with Crippen molar-refractivity contribution in [1.29, 1.82) is 0 Å². The van der Waals surface area contributed by atoms with Crippen molar-refractivity contribution >= 4 is 44.7 Å². The molecular formula is C24H20BrN3O2. The predicted octanol–water partition coefficient (Wildman–Crippen LogP) is 5.21. The summed E-state index contributed by atoms with van der Waals surface area (Å²) in [7, 11) is 0. The number of hydrogen-bond acceptors (Lipinski definition) is 4. The molecule has 1 aliphatic rings. The Bertz CT molecular complexity index is 1080. The Morgan fingerprint density at radius 2 is 1.50 bits per heavy atom. The highest BCUT2D eigenvalue weighted by Gasteiger charge is 2.44. The zero-order chi connectivity index (χ0) is 21.1. The van der Waals surface area contributed by atoms with Crippen molar-refractivity contribution in [2.45, 2.75) is 13.0 Å². The molecule has 1 heterocycles. The number of rotatable bonds is 5. The minimum atomic E-state index is -0.681. The van der Waals surface area contributed by atoms with Crippen LogP contribution >= 0.6 is 15.9 Å². The van der Waals surface area contributed by atoms with Crippen LogP contribution < -0.4 is 10.3 Å². The van der Waals surface area contributed by atoms with E-state index in [1.807, 2.05) is 72.8 Å². The number of hydrazone groups is 1. The number of benzene rings is 3. The van der Waals surface area contributed by atoms with Crippen molar-refractivity contribution in [3.63, 3.8) is 0 Å². The molecule has 5 nitrogen and oxygen atoms in total. The van der Waals surface area contributed by atoms with Gasteiger partial charge in [-0.2, -0.15) is 5.10 Å². The van der Waals surface area contributed by atoms with Gasteiger partial charge in [0.1, 0.15) is 11.5 Å². The van der Waals surface area contributed by atoms with Gasteiger partial charge in [0.15, 0.2) is 0 Å². The normalized spacial score (nSPS) is 18.1. The number of anilines is 2. The van der Waals surface area contributed by atoms with Crippen molar-refractivity contribution in [3.8, 4) is 0 Å². The summed E-state index contributed by atoms with van der Waals surface area (Å²) in [6.45, 7) is 1.51. The molecule has 0 aromatic heterocycles. The van der Waals surface area contributed by atoms with Gasteiger partial charge in [0.2, 0.25) is 0 Å². The van der Waals surface area contributed by atoms with Gasteiger partial charge in [0.25, 0.3) is 5.91 Å². The lowest BCUT2D eigenvalue weighted by Gasteiger charge is -2.27. The largest absolute Gasteiger partial charge is 0.321 e. The summed E-state index contributed by atoms with van der Waals surface area (Å²) in [4.78, 5) is 25.8. The fourth-order valence-electron chi connectivity index (χ4n) is 3.65. The molecule has 3 aromatic carbocycles. The smallest absolute Gasteiger partial charge is 0.272 e. The Hall–Kier alpha value is -3.25. The van der Waals surface area contributed by atoms with Gasteiger partial charge in [-0.1, -0.05) is 64.5 Å². The summed E-state index contributed by atoms with van der Waals surface area (Å²) in [5, 5.41) is 9.28. The van der Waals surface area contributed by atoms with E-state index in [9.17, 15) is 9.59 Å². The van der Waals surface area contributed by atoms with Crippen LogP contribution in [0.15, 0.2) is 94.5 Å². The molecule has 6 heteroatoms. The molecule has 0 aliphatic carbocycles. The molecule has 0 saturated carbocycles. The molecule has 2 atom stereocenters. The maximum absolute atomic E-state index is 13.1. The lowest BCUT2D eigenvalue weighted by Crippen LogP contribution is -2.35. The van der Waals surface area contributed by atoms with Gasteiger partial charge in [0, 0.05) is 10.2 Å². The van der Waals surface area contributed by atoms with Crippen LogP contribution in [0.4, 0.5) is 11.4 Å². The van der Waals surface area contributed by atoms with Gasteiger partial charge < -0.3 is 5.32 Å². The van der Waals surface area contributed by atoms with Crippen LogP contribution in [0.3, 0.4) is 0 Å². The lowest BCUT2D eigenvalue weighted by molar-refractivity contribution is -0.120. The number of Topliss-reactive ketones (excluding diaryl/α,β-unsaturated/α-hetero) is 1. The average molecular weight is 462 g/mol. The fraction of sp³-hybridized carbons (Fsp3) is 0.125. The van der Waals surface area contributed by atoms with E-state index in [0.29, 0.717) is 5.69 Å². The van der Waals surface area contributed by atoms with E-state index in [0.717, 1.165) is 15.7 Å². The Morgan fingerprint density at radius 1 is 0.900 bits per heavy atom. The second-order valence-electron chi connectivity index (χ2n) is 7.07. The molecule has 0 bridgehead atoms. The second-order valence-corrected chi connectivity index (χ2v) is 7.99. The molecule has 0 fully saturated rings. The third kappa shape index (κ3) is 4.04. The molecule has 0 saturated heterocycles. The molecule has 3 aromatic rings. The number of para-hydroxylation sites is 1. The highest BCUT2D eigenvalue weighted by molar-refractivity contribution is 9.10. The van der Waals surface area contributed by atoms with Crippen molar-refractivity contribution < 1.29 is 9.59 Å². The second kappa shape index (κ2) is 8.63. The monoisotopic (exact) mass is 461 g/mol. The maximum Gasteiger partial charge on any atom is 0.272 e. The van der Waals surface area contributed by atoms with Crippen molar-refractivity contribution in [1.82, 2.24) is 0 Å². The van der Waals surface area contributed by atoms with Crippen LogP contribution in [0.25, 0.3) is 0 Å². The van der Waals surface area contributed by atoms with E-state index in [1.165, 1.54) is 6.92 Å². The number of carbonyl (C=O) groups is 2. The number of halogens is 1. The Labute approximate surface area is 183 Å². The third-order valence-corrected chi connectivity index (χ3v) is 5.55. The first-order chi connectivity index (χ1) is 14.5. The zero-order valence-electron chi connectivity index (χ0n) is 16.3. The van der Waals surface area contributed by atoms with Crippen molar-refractivity contribution in [3.05, 3.63) is 95.0 Å². The van der Waals surface area contributed by atoms with Crippen LogP contribution in [-0.4, -0.2) is 17.4 Å². The summed E-state index contributed by atoms with van der Waals surface area (Å²) in [6, 6.07) is 26.1. The standard InChI is InChI=1S/C24H20BrN3O2/c1-16(29)21-22(24(30)26-19-10-6-3-7-11-19)27-28(20-14-12-18(25)13-15-20)23(21)17-8-4-2-5-9-17/h2-15,21,23H,1H3,(H,26,30). The van der Waals surface area contributed by atoms with Crippen LogP contribution in [0.2, 0.25) is 0 Å². The minimum absolute atomic E-state index is 0.106. The van der Waals surface area contributed by atoms with Gasteiger partial charge >= 0.3 is 0 Å². The van der Waals surface area contributed by atoms with Crippen LogP contribution in [0.1, 0.15) is 18.5 Å². The number of amides is 1. The molecule has 1 amide bonds. The van der Waals surface area contributed by atoms with E-state index >= 15 is 0 Å². The number of carbonyl (C=O) groups excluding carboxylic acids is 2. The van der Waals surface area contributed by atoms with Gasteiger partial charge in [0.05, 0.1) is 17.6 Å². The van der Waals surface area contributed by atoms with Crippen molar-refractivity contribution in [2.24, 2.45) is 11.0 Å². The van der Waals surface area contributed by atoms with E-state index in [4.69, 9.17) is 0 Å².